The Morgan fingerprint density at radius 3 is 2.53 bits per heavy atom. The average molecular weight is 400 g/mol. The molecular weight excluding hydrogens is 376 g/mol. The minimum absolute atomic E-state index is 0.0151. The van der Waals surface area contributed by atoms with Gasteiger partial charge < -0.3 is 20.7 Å². The van der Waals surface area contributed by atoms with E-state index in [9.17, 15) is 4.79 Å². The quantitative estimate of drug-likeness (QED) is 0.504. The van der Waals surface area contributed by atoms with E-state index in [-0.39, 0.29) is 18.4 Å². The van der Waals surface area contributed by atoms with Crippen molar-refractivity contribution in [1.29, 1.82) is 0 Å². The average Bonchev–Trinajstić information content (AvgIpc) is 2.78. The van der Waals surface area contributed by atoms with Gasteiger partial charge in [-0.2, -0.15) is 0 Å². The molecular formula is C24H24N4O2. The third-order valence-corrected chi connectivity index (χ3v) is 4.95. The lowest BCUT2D eigenvalue weighted by Crippen LogP contribution is -2.38. The number of nitrogens with two attached hydrogens (primary N) is 1. The summed E-state index contributed by atoms with van der Waals surface area (Å²) in [5.74, 6) is 1.60. The lowest BCUT2D eigenvalue weighted by atomic mass is 10.00. The second kappa shape index (κ2) is 9.13. The van der Waals surface area contributed by atoms with E-state index in [4.69, 9.17) is 10.5 Å². The maximum Gasteiger partial charge on any atom is 0.244 e. The molecule has 152 valence electrons. The number of anilines is 1. The number of guanidine groups is 1. The molecule has 0 atom stereocenters. The number of carbonyl (C=O) groups excluding carboxylic acids is 1. The van der Waals surface area contributed by atoms with Crippen LogP contribution in [0, 0.1) is 0 Å². The number of fused-ring (bicyclic) bond motifs is 1. The van der Waals surface area contributed by atoms with Crippen LogP contribution in [0.15, 0.2) is 83.9 Å². The zero-order valence-electron chi connectivity index (χ0n) is 16.6. The van der Waals surface area contributed by atoms with Gasteiger partial charge in [-0.05, 0) is 41.8 Å². The number of benzene rings is 3. The highest BCUT2D eigenvalue weighted by molar-refractivity contribution is 5.94. The van der Waals surface area contributed by atoms with Gasteiger partial charge in [0.15, 0.2) is 5.96 Å². The summed E-state index contributed by atoms with van der Waals surface area (Å²) < 4.78 is 5.83. The highest BCUT2D eigenvalue weighted by Crippen LogP contribution is 2.23. The fourth-order valence-corrected chi connectivity index (χ4v) is 3.41. The molecule has 0 aliphatic carbocycles. The van der Waals surface area contributed by atoms with Gasteiger partial charge in [-0.15, -0.1) is 0 Å². The summed E-state index contributed by atoms with van der Waals surface area (Å²) in [4.78, 5) is 18.6. The van der Waals surface area contributed by atoms with Crippen LogP contribution in [0.2, 0.25) is 0 Å². The Balaban J connectivity index is 1.33. The predicted octanol–water partition coefficient (Wildman–Crippen LogP) is 3.79. The second-order valence-electron chi connectivity index (χ2n) is 7.10. The van der Waals surface area contributed by atoms with Gasteiger partial charge in [0.1, 0.15) is 18.0 Å². The summed E-state index contributed by atoms with van der Waals surface area (Å²) in [6, 6.07) is 25.2. The standard InChI is InChI=1S/C24H24N4O2/c25-24(26-16-23(29)28-14-13-18-7-4-5-8-19(18)17-28)27-20-9-6-12-22(15-20)30-21-10-2-1-3-11-21/h1-12,15H,13-14,16-17H2,(H3,25,26,27). The van der Waals surface area contributed by atoms with E-state index in [1.54, 1.807) is 0 Å². The molecule has 3 N–H and O–H groups in total. The van der Waals surface area contributed by atoms with E-state index in [1.165, 1.54) is 11.1 Å². The SMILES string of the molecule is NC(=NCC(=O)N1CCc2ccccc2C1)Nc1cccc(Oc2ccccc2)c1. The van der Waals surface area contributed by atoms with Crippen LogP contribution >= 0.6 is 0 Å². The lowest BCUT2D eigenvalue weighted by Gasteiger charge is -2.28. The van der Waals surface area contributed by atoms with Crippen molar-refractivity contribution in [1.82, 2.24) is 4.90 Å². The van der Waals surface area contributed by atoms with E-state index in [1.807, 2.05) is 71.6 Å². The third kappa shape index (κ3) is 4.97. The second-order valence-corrected chi connectivity index (χ2v) is 7.10. The van der Waals surface area contributed by atoms with Gasteiger partial charge in [-0.1, -0.05) is 48.5 Å². The molecule has 0 saturated heterocycles. The molecule has 1 heterocycles. The first kappa shape index (κ1) is 19.5. The normalized spacial score (nSPS) is 13.5. The fraction of sp³-hybridized carbons (Fsp3) is 0.167. The van der Waals surface area contributed by atoms with Crippen LogP contribution in [0.1, 0.15) is 11.1 Å². The van der Waals surface area contributed by atoms with Crippen molar-refractivity contribution in [2.45, 2.75) is 13.0 Å². The summed E-state index contributed by atoms with van der Waals surface area (Å²) in [5, 5.41) is 3.02. The minimum atomic E-state index is -0.0320. The van der Waals surface area contributed by atoms with Crippen molar-refractivity contribution < 1.29 is 9.53 Å². The number of nitrogens with one attached hydrogen (secondary N) is 1. The number of para-hydroxylation sites is 1. The molecule has 0 radical (unpaired) electrons. The number of amides is 1. The minimum Gasteiger partial charge on any atom is -0.457 e. The smallest absolute Gasteiger partial charge is 0.244 e. The highest BCUT2D eigenvalue weighted by Gasteiger charge is 2.19. The summed E-state index contributed by atoms with van der Waals surface area (Å²) in [6.45, 7) is 1.34. The van der Waals surface area contributed by atoms with E-state index in [2.05, 4.69) is 22.4 Å². The summed E-state index contributed by atoms with van der Waals surface area (Å²) in [5.41, 5.74) is 9.24. The maximum absolute atomic E-state index is 12.5. The van der Waals surface area contributed by atoms with Crippen molar-refractivity contribution in [3.8, 4) is 11.5 Å². The number of carbonyl (C=O) groups is 1. The maximum atomic E-state index is 12.5. The largest absolute Gasteiger partial charge is 0.457 e. The molecule has 0 saturated carbocycles. The molecule has 30 heavy (non-hydrogen) atoms. The van der Waals surface area contributed by atoms with Crippen molar-refractivity contribution in [3.63, 3.8) is 0 Å². The molecule has 3 aromatic rings. The fourth-order valence-electron chi connectivity index (χ4n) is 3.41. The molecule has 1 aliphatic heterocycles. The van der Waals surface area contributed by atoms with E-state index >= 15 is 0 Å². The Labute approximate surface area is 176 Å². The van der Waals surface area contributed by atoms with E-state index < -0.39 is 0 Å². The number of nitrogens with zero attached hydrogens (tertiary/aromatic N) is 2. The molecule has 0 unspecified atom stereocenters. The molecule has 3 aromatic carbocycles. The van der Waals surface area contributed by atoms with Crippen molar-refractivity contribution in [3.05, 3.63) is 90.0 Å². The summed E-state index contributed by atoms with van der Waals surface area (Å²) in [6.07, 6.45) is 0.869. The van der Waals surface area contributed by atoms with Crippen molar-refractivity contribution >= 4 is 17.6 Å². The molecule has 0 bridgehead atoms. The Morgan fingerprint density at radius 2 is 1.70 bits per heavy atom. The van der Waals surface area contributed by atoms with Gasteiger partial charge in [-0.25, -0.2) is 4.99 Å². The third-order valence-electron chi connectivity index (χ3n) is 4.95. The van der Waals surface area contributed by atoms with Crippen LogP contribution in [0.4, 0.5) is 5.69 Å². The van der Waals surface area contributed by atoms with Gasteiger partial charge in [0, 0.05) is 24.8 Å². The molecule has 6 nitrogen and oxygen atoms in total. The molecule has 1 aliphatic rings. The molecule has 4 rings (SSSR count). The zero-order valence-corrected chi connectivity index (χ0v) is 16.6. The van der Waals surface area contributed by atoms with Crippen LogP contribution in [0.3, 0.4) is 0 Å². The first-order valence-corrected chi connectivity index (χ1v) is 9.92. The molecule has 1 amide bonds. The Hall–Kier alpha value is -3.80. The first-order chi connectivity index (χ1) is 14.7. The molecule has 6 heteroatoms. The van der Waals surface area contributed by atoms with Crippen molar-refractivity contribution in [2.75, 3.05) is 18.4 Å². The number of hydrogen-bond acceptors (Lipinski definition) is 3. The van der Waals surface area contributed by atoms with Gasteiger partial charge in [0.05, 0.1) is 0 Å². The van der Waals surface area contributed by atoms with Crippen LogP contribution < -0.4 is 15.8 Å². The molecule has 0 spiro atoms. The van der Waals surface area contributed by atoms with Crippen LogP contribution in [-0.2, 0) is 17.8 Å². The Morgan fingerprint density at radius 1 is 0.967 bits per heavy atom. The Bertz CT molecular complexity index is 1050. The molecule has 0 aromatic heterocycles. The zero-order chi connectivity index (χ0) is 20.8. The number of ether oxygens (including phenoxy) is 1. The highest BCUT2D eigenvalue weighted by atomic mass is 16.5. The first-order valence-electron chi connectivity index (χ1n) is 9.92. The van der Waals surface area contributed by atoms with Crippen molar-refractivity contribution in [2.24, 2.45) is 10.7 Å². The summed E-state index contributed by atoms with van der Waals surface area (Å²) in [7, 11) is 0. The van der Waals surface area contributed by atoms with E-state index in [0.717, 1.165) is 17.9 Å². The predicted molar refractivity (Wildman–Crippen MR) is 119 cm³/mol. The Kier molecular flexibility index (Phi) is 5.94. The van der Waals surface area contributed by atoms with E-state index in [0.29, 0.717) is 18.8 Å². The van der Waals surface area contributed by atoms with Gasteiger partial charge in [0.25, 0.3) is 0 Å². The van der Waals surface area contributed by atoms with Crippen LogP contribution in [-0.4, -0.2) is 29.9 Å². The molecule has 0 fully saturated rings. The number of hydrogen-bond donors (Lipinski definition) is 2. The topological polar surface area (TPSA) is 80.0 Å². The number of rotatable bonds is 5. The lowest BCUT2D eigenvalue weighted by molar-refractivity contribution is -0.130. The van der Waals surface area contributed by atoms with Gasteiger partial charge >= 0.3 is 0 Å². The van der Waals surface area contributed by atoms with Crippen LogP contribution in [0.25, 0.3) is 0 Å². The number of aliphatic imine (C=N–C) groups is 1. The van der Waals surface area contributed by atoms with Gasteiger partial charge in [-0.3, -0.25) is 4.79 Å². The summed E-state index contributed by atoms with van der Waals surface area (Å²) >= 11 is 0. The van der Waals surface area contributed by atoms with Gasteiger partial charge in [0.2, 0.25) is 5.91 Å². The monoisotopic (exact) mass is 400 g/mol. The van der Waals surface area contributed by atoms with Crippen LogP contribution in [0.5, 0.6) is 11.5 Å².